The van der Waals surface area contributed by atoms with E-state index in [1.54, 1.807) is 36.6 Å². The molecule has 0 unspecified atom stereocenters. The van der Waals surface area contributed by atoms with Crippen molar-refractivity contribution in [2.45, 2.75) is 44.9 Å². The predicted molar refractivity (Wildman–Crippen MR) is 98.9 cm³/mol. The van der Waals surface area contributed by atoms with Crippen LogP contribution in [-0.2, 0) is 4.79 Å². The van der Waals surface area contributed by atoms with Crippen LogP contribution in [0.1, 0.15) is 33.7 Å². The number of thioether (sulfide) groups is 1. The molecule has 0 bridgehead atoms. The highest BCUT2D eigenvalue weighted by Crippen LogP contribution is 2.20. The van der Waals surface area contributed by atoms with E-state index in [-0.39, 0.29) is 23.4 Å². The first kappa shape index (κ1) is 19.0. The molecule has 1 heterocycles. The summed E-state index contributed by atoms with van der Waals surface area (Å²) in [6.07, 6.45) is 0. The first-order valence-electron chi connectivity index (χ1n) is 8.04. The first-order valence-corrected chi connectivity index (χ1v) is 9.02. The normalized spacial score (nSPS) is 11.1. The number of benzene rings is 1. The molecule has 0 radical (unpaired) electrons. The maximum Gasteiger partial charge on any atom is 0.321 e. The molecular formula is C17H22N4O3S. The van der Waals surface area contributed by atoms with E-state index < -0.39 is 11.9 Å². The van der Waals surface area contributed by atoms with Crippen LogP contribution >= 0.6 is 11.8 Å². The average molecular weight is 362 g/mol. The maximum absolute atomic E-state index is 12.7. The minimum Gasteiger partial charge on any atom is -0.336 e. The van der Waals surface area contributed by atoms with E-state index in [1.165, 1.54) is 0 Å². The van der Waals surface area contributed by atoms with E-state index >= 15 is 0 Å². The van der Waals surface area contributed by atoms with Crippen LogP contribution in [0.2, 0.25) is 0 Å². The molecule has 1 aromatic carbocycles. The molecule has 2 rings (SSSR count). The second-order valence-corrected chi connectivity index (χ2v) is 7.09. The number of nitrogens with zero attached hydrogens (tertiary/aromatic N) is 2. The molecule has 0 atom stereocenters. The zero-order chi connectivity index (χ0) is 18.6. The van der Waals surface area contributed by atoms with Crippen molar-refractivity contribution in [3.63, 3.8) is 0 Å². The lowest BCUT2D eigenvalue weighted by Crippen LogP contribution is -2.43. The summed E-state index contributed by atoms with van der Waals surface area (Å²) < 4.78 is 1.56. The Kier molecular flexibility index (Phi) is 6.19. The number of hydrogen-bond acceptors (Lipinski definition) is 5. The number of fused-ring (bicyclic) bond motifs is 1. The van der Waals surface area contributed by atoms with Crippen molar-refractivity contribution in [3.05, 3.63) is 34.6 Å². The van der Waals surface area contributed by atoms with E-state index in [4.69, 9.17) is 0 Å². The third-order valence-corrected chi connectivity index (χ3v) is 4.25. The van der Waals surface area contributed by atoms with E-state index in [2.05, 4.69) is 15.6 Å². The van der Waals surface area contributed by atoms with Gasteiger partial charge in [0.15, 0.2) is 5.16 Å². The van der Waals surface area contributed by atoms with E-state index in [1.807, 2.05) is 19.9 Å². The van der Waals surface area contributed by atoms with Gasteiger partial charge in [-0.3, -0.25) is 19.5 Å². The molecule has 134 valence electrons. The lowest BCUT2D eigenvalue weighted by molar-refractivity contribution is -0.117. The Hall–Kier alpha value is -2.35. The molecule has 0 saturated carbocycles. The summed E-state index contributed by atoms with van der Waals surface area (Å²) in [6, 6.07) is 6.42. The highest BCUT2D eigenvalue weighted by Gasteiger charge is 2.16. The van der Waals surface area contributed by atoms with Gasteiger partial charge in [0.25, 0.3) is 5.56 Å². The minimum atomic E-state index is -0.534. The zero-order valence-corrected chi connectivity index (χ0v) is 15.5. The van der Waals surface area contributed by atoms with Crippen molar-refractivity contribution in [2.75, 3.05) is 5.75 Å². The third-order valence-electron chi connectivity index (χ3n) is 3.30. The maximum atomic E-state index is 12.7. The fourth-order valence-corrected chi connectivity index (χ4v) is 3.20. The molecule has 7 nitrogen and oxygen atoms in total. The number of aromatic nitrogens is 2. The van der Waals surface area contributed by atoms with Crippen LogP contribution in [0.5, 0.6) is 0 Å². The van der Waals surface area contributed by atoms with Gasteiger partial charge in [0.2, 0.25) is 5.91 Å². The number of rotatable bonds is 5. The summed E-state index contributed by atoms with van der Waals surface area (Å²) in [4.78, 5) is 40.7. The standard InChI is InChI=1S/C17H22N4O3S/c1-10(2)18-16(24)20-14(22)9-25-17-19-13-8-6-5-7-12(13)15(23)21(17)11(3)4/h5-8,10-11H,9H2,1-4H3,(H2,18,20,22,24). The smallest absolute Gasteiger partial charge is 0.321 e. The number of urea groups is 1. The number of imide groups is 1. The molecule has 0 spiro atoms. The Bertz CT molecular complexity index is 845. The predicted octanol–water partition coefficient (Wildman–Crippen LogP) is 2.30. The molecule has 25 heavy (non-hydrogen) atoms. The van der Waals surface area contributed by atoms with Gasteiger partial charge in [-0.1, -0.05) is 23.9 Å². The summed E-state index contributed by atoms with van der Waals surface area (Å²) in [6.45, 7) is 7.38. The molecule has 8 heteroatoms. The highest BCUT2D eigenvalue weighted by molar-refractivity contribution is 7.99. The van der Waals surface area contributed by atoms with Crippen LogP contribution in [0.15, 0.2) is 34.2 Å². The number of nitrogens with one attached hydrogen (secondary N) is 2. The topological polar surface area (TPSA) is 93.1 Å². The van der Waals surface area contributed by atoms with Gasteiger partial charge in [-0.2, -0.15) is 0 Å². The summed E-state index contributed by atoms with van der Waals surface area (Å²) in [5, 5.41) is 5.84. The minimum absolute atomic E-state index is 0.0109. The fourth-order valence-electron chi connectivity index (χ4n) is 2.27. The third kappa shape index (κ3) is 4.82. The number of amides is 3. The summed E-state index contributed by atoms with van der Waals surface area (Å²) in [5.41, 5.74) is 0.450. The molecule has 0 saturated heterocycles. The fraction of sp³-hybridized carbons (Fsp3) is 0.412. The SMILES string of the molecule is CC(C)NC(=O)NC(=O)CSc1nc2ccccc2c(=O)n1C(C)C. The lowest BCUT2D eigenvalue weighted by atomic mass is 10.2. The summed E-state index contributed by atoms with van der Waals surface area (Å²) in [5.74, 6) is -0.455. The molecule has 1 aromatic heterocycles. The monoisotopic (exact) mass is 362 g/mol. The van der Waals surface area contributed by atoms with E-state index in [0.29, 0.717) is 16.1 Å². The molecule has 3 amide bonds. The largest absolute Gasteiger partial charge is 0.336 e. The lowest BCUT2D eigenvalue weighted by Gasteiger charge is -2.16. The van der Waals surface area contributed by atoms with Gasteiger partial charge in [0.05, 0.1) is 16.7 Å². The first-order chi connectivity index (χ1) is 11.8. The van der Waals surface area contributed by atoms with Crippen LogP contribution in [0.25, 0.3) is 10.9 Å². The van der Waals surface area contributed by atoms with Gasteiger partial charge in [-0.25, -0.2) is 9.78 Å². The molecular weight excluding hydrogens is 340 g/mol. The van der Waals surface area contributed by atoms with Crippen LogP contribution in [0, 0.1) is 0 Å². The Morgan fingerprint density at radius 3 is 2.52 bits per heavy atom. The average Bonchev–Trinajstić information content (AvgIpc) is 2.51. The number of hydrogen-bond donors (Lipinski definition) is 2. The molecule has 0 aliphatic carbocycles. The van der Waals surface area contributed by atoms with Crippen LogP contribution in [0.3, 0.4) is 0 Å². The van der Waals surface area contributed by atoms with Crippen molar-refractivity contribution in [2.24, 2.45) is 0 Å². The summed E-state index contributed by atoms with van der Waals surface area (Å²) in [7, 11) is 0. The molecule has 2 aromatic rings. The molecule has 2 N–H and O–H groups in total. The van der Waals surface area contributed by atoms with E-state index in [9.17, 15) is 14.4 Å². The van der Waals surface area contributed by atoms with Gasteiger partial charge in [0.1, 0.15) is 0 Å². The molecule has 0 aliphatic heterocycles. The Balaban J connectivity index is 2.20. The second kappa shape index (κ2) is 8.15. The van der Waals surface area contributed by atoms with Gasteiger partial charge in [0, 0.05) is 12.1 Å². The molecule has 0 aliphatic rings. The van der Waals surface area contributed by atoms with E-state index in [0.717, 1.165) is 11.8 Å². The van der Waals surface area contributed by atoms with Crippen molar-refractivity contribution >= 4 is 34.6 Å². The van der Waals surface area contributed by atoms with Gasteiger partial charge in [-0.15, -0.1) is 0 Å². The van der Waals surface area contributed by atoms with Crippen LogP contribution in [-0.4, -0.2) is 33.3 Å². The Morgan fingerprint density at radius 1 is 1.20 bits per heavy atom. The number of carbonyl (C=O) groups is 2. The highest BCUT2D eigenvalue weighted by atomic mass is 32.2. The van der Waals surface area contributed by atoms with Gasteiger partial charge >= 0.3 is 6.03 Å². The van der Waals surface area contributed by atoms with Crippen LogP contribution in [0.4, 0.5) is 4.79 Å². The van der Waals surface area contributed by atoms with Crippen molar-refractivity contribution in [1.29, 1.82) is 0 Å². The van der Waals surface area contributed by atoms with Crippen LogP contribution < -0.4 is 16.2 Å². The van der Waals surface area contributed by atoms with Crippen molar-refractivity contribution < 1.29 is 9.59 Å². The van der Waals surface area contributed by atoms with Crippen molar-refractivity contribution in [1.82, 2.24) is 20.2 Å². The van der Waals surface area contributed by atoms with Gasteiger partial charge < -0.3 is 5.32 Å². The quantitative estimate of drug-likeness (QED) is 0.629. The Labute approximate surface area is 150 Å². The van der Waals surface area contributed by atoms with Crippen molar-refractivity contribution in [3.8, 4) is 0 Å². The Morgan fingerprint density at radius 2 is 1.88 bits per heavy atom. The summed E-state index contributed by atoms with van der Waals surface area (Å²) >= 11 is 1.13. The zero-order valence-electron chi connectivity index (χ0n) is 14.7. The number of carbonyl (C=O) groups excluding carboxylic acids is 2. The molecule has 0 fully saturated rings. The number of para-hydroxylation sites is 1. The van der Waals surface area contributed by atoms with Gasteiger partial charge in [-0.05, 0) is 39.8 Å². The second-order valence-electron chi connectivity index (χ2n) is 6.15.